The largest absolute Gasteiger partial charge is 0.369 e. The third-order valence-electron chi connectivity index (χ3n) is 2.99. The highest BCUT2D eigenvalue weighted by Crippen LogP contribution is 2.15. The number of nitrogens with zero attached hydrogens (tertiary/aromatic N) is 1. The average Bonchev–Trinajstić information content (AvgIpc) is 2.33. The Labute approximate surface area is 118 Å². The van der Waals surface area contributed by atoms with Crippen LogP contribution in [0.1, 0.15) is 31.1 Å². The van der Waals surface area contributed by atoms with Crippen molar-refractivity contribution in [2.75, 3.05) is 6.54 Å². The fraction of sp³-hybridized carbons (Fsp3) is 0.429. The second-order valence-electron chi connectivity index (χ2n) is 4.78. The van der Waals surface area contributed by atoms with Gasteiger partial charge in [0.15, 0.2) is 5.78 Å². The second-order valence-corrected chi connectivity index (χ2v) is 5.22. The number of Topliss-reactive ketones (excluding diaryl/α,β-unsaturated/α-hetero) is 1. The number of benzene rings is 1. The van der Waals surface area contributed by atoms with Crippen molar-refractivity contribution in [1.82, 2.24) is 4.90 Å². The molecule has 0 saturated carbocycles. The first kappa shape index (κ1) is 15.7. The topological polar surface area (TPSA) is 63.4 Å². The molecule has 1 aromatic carbocycles. The van der Waals surface area contributed by atoms with E-state index < -0.39 is 11.9 Å². The molecule has 0 heterocycles. The highest BCUT2D eigenvalue weighted by molar-refractivity contribution is 6.31. The summed E-state index contributed by atoms with van der Waals surface area (Å²) in [4.78, 5) is 25.2. The first-order chi connectivity index (χ1) is 8.82. The van der Waals surface area contributed by atoms with E-state index in [9.17, 15) is 9.59 Å². The first-order valence-corrected chi connectivity index (χ1v) is 6.54. The molecular formula is C14H19ClN2O2. The molecule has 0 aliphatic carbocycles. The zero-order valence-corrected chi connectivity index (χ0v) is 12.1. The van der Waals surface area contributed by atoms with Gasteiger partial charge >= 0.3 is 0 Å². The summed E-state index contributed by atoms with van der Waals surface area (Å²) < 4.78 is 0. The Balaban J connectivity index is 2.93. The van der Waals surface area contributed by atoms with Crippen LogP contribution >= 0.6 is 11.6 Å². The Morgan fingerprint density at radius 1 is 1.32 bits per heavy atom. The lowest BCUT2D eigenvalue weighted by Gasteiger charge is -2.30. The summed E-state index contributed by atoms with van der Waals surface area (Å²) >= 11 is 5.88. The molecule has 4 nitrogen and oxygen atoms in total. The number of amides is 1. The number of hydrogen-bond donors (Lipinski definition) is 1. The van der Waals surface area contributed by atoms with Crippen LogP contribution < -0.4 is 5.73 Å². The van der Waals surface area contributed by atoms with Crippen LogP contribution in [-0.2, 0) is 4.79 Å². The van der Waals surface area contributed by atoms with Crippen LogP contribution in [0.5, 0.6) is 0 Å². The number of nitrogens with two attached hydrogens (primary N) is 1. The average molecular weight is 283 g/mol. The molecule has 19 heavy (non-hydrogen) atoms. The van der Waals surface area contributed by atoms with Gasteiger partial charge in [0.25, 0.3) is 0 Å². The Bertz CT molecular complexity index is 474. The van der Waals surface area contributed by atoms with Crippen molar-refractivity contribution < 1.29 is 9.59 Å². The lowest BCUT2D eigenvalue weighted by molar-refractivity contribution is -0.119. The minimum atomic E-state index is -0.445. The van der Waals surface area contributed by atoms with Gasteiger partial charge in [-0.25, -0.2) is 0 Å². The predicted octanol–water partition coefficient (Wildman–Crippen LogP) is 2.11. The van der Waals surface area contributed by atoms with Crippen LogP contribution in [0.3, 0.4) is 0 Å². The smallest absolute Gasteiger partial charge is 0.231 e. The molecule has 1 unspecified atom stereocenters. The van der Waals surface area contributed by atoms with Gasteiger partial charge in [0.1, 0.15) is 0 Å². The number of hydrogen-bond acceptors (Lipinski definition) is 3. The van der Waals surface area contributed by atoms with Crippen molar-refractivity contribution in [2.45, 2.75) is 32.9 Å². The molecule has 0 aliphatic rings. The Kier molecular flexibility index (Phi) is 5.51. The molecule has 0 saturated heterocycles. The number of carbonyl (C=O) groups is 2. The maximum absolute atomic E-state index is 12.4. The number of rotatable bonds is 6. The molecule has 1 atom stereocenters. The van der Waals surface area contributed by atoms with Crippen LogP contribution in [0.25, 0.3) is 0 Å². The fourth-order valence-corrected chi connectivity index (χ4v) is 2.17. The monoisotopic (exact) mass is 282 g/mol. The zero-order chi connectivity index (χ0) is 14.6. The van der Waals surface area contributed by atoms with Gasteiger partial charge in [-0.1, -0.05) is 23.7 Å². The number of halogens is 1. The second kappa shape index (κ2) is 6.68. The van der Waals surface area contributed by atoms with Gasteiger partial charge in [-0.05, 0) is 32.9 Å². The van der Waals surface area contributed by atoms with E-state index in [1.54, 1.807) is 36.1 Å². The van der Waals surface area contributed by atoms with E-state index in [4.69, 9.17) is 17.3 Å². The standard InChI is InChI=1S/C14H19ClN2O2/c1-9(2)17(8-13(16)18)10(3)14(19)11-5-4-6-12(15)7-11/h4-7,9-10H,8H2,1-3H3,(H2,16,18). The van der Waals surface area contributed by atoms with E-state index in [-0.39, 0.29) is 18.4 Å². The zero-order valence-electron chi connectivity index (χ0n) is 11.4. The van der Waals surface area contributed by atoms with Crippen molar-refractivity contribution >= 4 is 23.3 Å². The third-order valence-corrected chi connectivity index (χ3v) is 3.22. The van der Waals surface area contributed by atoms with Gasteiger partial charge in [-0.3, -0.25) is 14.5 Å². The quantitative estimate of drug-likeness (QED) is 0.813. The van der Waals surface area contributed by atoms with Crippen LogP contribution in [0, 0.1) is 0 Å². The third kappa shape index (κ3) is 4.33. The van der Waals surface area contributed by atoms with Crippen LogP contribution in [0.2, 0.25) is 5.02 Å². The highest BCUT2D eigenvalue weighted by Gasteiger charge is 2.25. The van der Waals surface area contributed by atoms with Gasteiger partial charge in [0.05, 0.1) is 12.6 Å². The van der Waals surface area contributed by atoms with Gasteiger partial charge in [-0.2, -0.15) is 0 Å². The summed E-state index contributed by atoms with van der Waals surface area (Å²) in [6, 6.07) is 6.41. The Morgan fingerprint density at radius 3 is 2.42 bits per heavy atom. The molecule has 0 bridgehead atoms. The molecule has 0 spiro atoms. The molecule has 0 fully saturated rings. The van der Waals surface area contributed by atoms with Crippen LogP contribution in [0.15, 0.2) is 24.3 Å². The van der Waals surface area contributed by atoms with Crippen molar-refractivity contribution in [3.8, 4) is 0 Å². The summed E-state index contributed by atoms with van der Waals surface area (Å²) in [5, 5.41) is 0.518. The molecule has 1 amide bonds. The molecule has 1 rings (SSSR count). The van der Waals surface area contributed by atoms with E-state index >= 15 is 0 Å². The number of ketones is 1. The highest BCUT2D eigenvalue weighted by atomic mass is 35.5. The molecule has 5 heteroatoms. The van der Waals surface area contributed by atoms with E-state index in [0.29, 0.717) is 10.6 Å². The van der Waals surface area contributed by atoms with E-state index in [0.717, 1.165) is 0 Å². The maximum atomic E-state index is 12.4. The van der Waals surface area contributed by atoms with Crippen molar-refractivity contribution in [2.24, 2.45) is 5.73 Å². The van der Waals surface area contributed by atoms with Gasteiger partial charge in [-0.15, -0.1) is 0 Å². The van der Waals surface area contributed by atoms with E-state index in [2.05, 4.69) is 0 Å². The summed E-state index contributed by atoms with van der Waals surface area (Å²) in [5.41, 5.74) is 5.76. The minimum absolute atomic E-state index is 0.0469. The summed E-state index contributed by atoms with van der Waals surface area (Å²) in [6.45, 7) is 5.67. The summed E-state index contributed by atoms with van der Waals surface area (Å²) in [5.74, 6) is -0.517. The van der Waals surface area contributed by atoms with Crippen LogP contribution in [0.4, 0.5) is 0 Å². The molecule has 104 valence electrons. The van der Waals surface area contributed by atoms with Crippen molar-refractivity contribution in [1.29, 1.82) is 0 Å². The molecule has 0 aliphatic heterocycles. The Hall–Kier alpha value is -1.39. The predicted molar refractivity (Wildman–Crippen MR) is 76.3 cm³/mol. The van der Waals surface area contributed by atoms with Gasteiger partial charge < -0.3 is 5.73 Å². The van der Waals surface area contributed by atoms with E-state index in [1.807, 2.05) is 13.8 Å². The maximum Gasteiger partial charge on any atom is 0.231 e. The summed E-state index contributed by atoms with van der Waals surface area (Å²) in [7, 11) is 0. The molecule has 0 radical (unpaired) electrons. The van der Waals surface area contributed by atoms with Gasteiger partial charge in [0.2, 0.25) is 5.91 Å². The fourth-order valence-electron chi connectivity index (χ4n) is 1.98. The molecule has 0 aromatic heterocycles. The lowest BCUT2D eigenvalue weighted by atomic mass is 10.0. The SMILES string of the molecule is CC(C)N(CC(N)=O)C(C)C(=O)c1cccc(Cl)c1. The van der Waals surface area contributed by atoms with Crippen LogP contribution in [-0.4, -0.2) is 35.2 Å². The number of primary amides is 1. The van der Waals surface area contributed by atoms with Crippen molar-refractivity contribution in [3.63, 3.8) is 0 Å². The molecular weight excluding hydrogens is 264 g/mol. The number of carbonyl (C=O) groups excluding carboxylic acids is 2. The lowest BCUT2D eigenvalue weighted by Crippen LogP contribution is -2.47. The first-order valence-electron chi connectivity index (χ1n) is 6.16. The molecule has 2 N–H and O–H groups in total. The molecule has 1 aromatic rings. The summed E-state index contributed by atoms with van der Waals surface area (Å²) in [6.07, 6.45) is 0. The van der Waals surface area contributed by atoms with Crippen molar-refractivity contribution in [3.05, 3.63) is 34.9 Å². The van der Waals surface area contributed by atoms with E-state index in [1.165, 1.54) is 0 Å². The normalized spacial score (nSPS) is 12.7. The minimum Gasteiger partial charge on any atom is -0.369 e. The van der Waals surface area contributed by atoms with Gasteiger partial charge in [0, 0.05) is 16.6 Å². The Morgan fingerprint density at radius 2 is 1.95 bits per heavy atom.